The normalized spacial score (nSPS) is 24.1. The van der Waals surface area contributed by atoms with Gasteiger partial charge < -0.3 is 10.1 Å². The molecule has 2 rings (SSSR count). The maximum Gasteiger partial charge on any atom is 0.100 e. The van der Waals surface area contributed by atoms with Crippen LogP contribution in [0.2, 0.25) is 0 Å². The maximum absolute atomic E-state index is 8.82. The van der Waals surface area contributed by atoms with Crippen LogP contribution in [0.5, 0.6) is 0 Å². The number of hydrogen-bond acceptors (Lipinski definition) is 3. The summed E-state index contributed by atoms with van der Waals surface area (Å²) in [6.07, 6.45) is 1.27. The number of nitriles is 1. The van der Waals surface area contributed by atoms with Gasteiger partial charge in [0.1, 0.15) is 6.07 Å². The minimum atomic E-state index is 0.245. The summed E-state index contributed by atoms with van der Waals surface area (Å²) < 4.78 is 6.31. The van der Waals surface area contributed by atoms with E-state index in [4.69, 9.17) is 10.00 Å². The van der Waals surface area contributed by atoms with Crippen LogP contribution in [0.1, 0.15) is 18.9 Å². The van der Waals surface area contributed by atoms with Gasteiger partial charge in [-0.1, -0.05) is 0 Å². The lowest BCUT2D eigenvalue weighted by molar-refractivity contribution is 0.121. The number of hydrogen-bond donors (Lipinski definition) is 1. The first-order valence-corrected chi connectivity index (χ1v) is 6.08. The Labute approximate surface area is 104 Å². The lowest BCUT2D eigenvalue weighted by atomic mass is 10.1. The smallest absolute Gasteiger partial charge is 0.100 e. The molecule has 3 nitrogen and oxygen atoms in total. The molecule has 1 fully saturated rings. The summed E-state index contributed by atoms with van der Waals surface area (Å²) in [4.78, 5) is 0. The predicted octanol–water partition coefficient (Wildman–Crippen LogP) is 2.91. The molecule has 0 bridgehead atoms. The van der Waals surface area contributed by atoms with E-state index in [9.17, 15) is 0 Å². The van der Waals surface area contributed by atoms with Crippen molar-refractivity contribution in [2.75, 3.05) is 11.9 Å². The van der Waals surface area contributed by atoms with Crippen LogP contribution in [0.15, 0.2) is 22.7 Å². The van der Waals surface area contributed by atoms with Gasteiger partial charge in [0, 0.05) is 16.8 Å². The topological polar surface area (TPSA) is 45.0 Å². The van der Waals surface area contributed by atoms with Crippen LogP contribution in [0, 0.1) is 11.3 Å². The second-order valence-corrected chi connectivity index (χ2v) is 4.78. The van der Waals surface area contributed by atoms with Gasteiger partial charge in [-0.2, -0.15) is 5.26 Å². The molecule has 1 aliphatic rings. The highest BCUT2D eigenvalue weighted by Crippen LogP contribution is 2.24. The van der Waals surface area contributed by atoms with Crippen molar-refractivity contribution in [1.29, 1.82) is 5.26 Å². The van der Waals surface area contributed by atoms with E-state index in [0.29, 0.717) is 11.6 Å². The molecule has 1 heterocycles. The molecule has 0 amide bonds. The van der Waals surface area contributed by atoms with Gasteiger partial charge in [0.25, 0.3) is 0 Å². The Morgan fingerprint density at radius 2 is 2.38 bits per heavy atom. The third-order valence-electron chi connectivity index (χ3n) is 2.82. The van der Waals surface area contributed by atoms with Crippen LogP contribution in [-0.2, 0) is 4.74 Å². The van der Waals surface area contributed by atoms with Gasteiger partial charge in [-0.25, -0.2) is 0 Å². The minimum absolute atomic E-state index is 0.245. The number of anilines is 1. The van der Waals surface area contributed by atoms with Gasteiger partial charge in [0.2, 0.25) is 0 Å². The number of ether oxygens (including phenoxy) is 1. The summed E-state index contributed by atoms with van der Waals surface area (Å²) in [5.74, 6) is 0. The molecule has 4 heteroatoms. The quantitative estimate of drug-likeness (QED) is 0.906. The summed E-state index contributed by atoms with van der Waals surface area (Å²) in [7, 11) is 0. The monoisotopic (exact) mass is 280 g/mol. The molecule has 1 saturated heterocycles. The largest absolute Gasteiger partial charge is 0.380 e. The molecular formula is C12H13BrN2O. The van der Waals surface area contributed by atoms with E-state index >= 15 is 0 Å². The molecule has 1 aliphatic heterocycles. The molecule has 1 N–H and O–H groups in total. The summed E-state index contributed by atoms with van der Waals surface area (Å²) in [6, 6.07) is 8.16. The van der Waals surface area contributed by atoms with Gasteiger partial charge in [0.05, 0.1) is 17.7 Å². The molecule has 0 aliphatic carbocycles. The highest BCUT2D eigenvalue weighted by Gasteiger charge is 2.23. The summed E-state index contributed by atoms with van der Waals surface area (Å²) in [6.45, 7) is 2.89. The minimum Gasteiger partial charge on any atom is -0.380 e. The van der Waals surface area contributed by atoms with Crippen molar-refractivity contribution in [1.82, 2.24) is 0 Å². The van der Waals surface area contributed by atoms with Crippen molar-refractivity contribution in [2.45, 2.75) is 25.5 Å². The molecule has 0 radical (unpaired) electrons. The number of halogens is 1. The zero-order valence-corrected chi connectivity index (χ0v) is 10.6. The van der Waals surface area contributed by atoms with Gasteiger partial charge in [-0.3, -0.25) is 0 Å². The Balaban J connectivity index is 2.11. The molecular weight excluding hydrogens is 268 g/mol. The fourth-order valence-corrected chi connectivity index (χ4v) is 2.30. The lowest BCUT2D eigenvalue weighted by Gasteiger charge is -2.17. The second-order valence-electron chi connectivity index (χ2n) is 3.92. The number of nitrogens with zero attached hydrogens (tertiary/aromatic N) is 1. The van der Waals surface area contributed by atoms with E-state index in [1.165, 1.54) is 0 Å². The average Bonchev–Trinajstić information content (AvgIpc) is 2.65. The highest BCUT2D eigenvalue weighted by atomic mass is 79.9. The molecule has 0 saturated carbocycles. The first-order valence-electron chi connectivity index (χ1n) is 5.28. The van der Waals surface area contributed by atoms with E-state index in [1.54, 1.807) is 0 Å². The highest BCUT2D eigenvalue weighted by molar-refractivity contribution is 9.10. The zero-order valence-electron chi connectivity index (χ0n) is 9.03. The number of rotatable bonds is 2. The third kappa shape index (κ3) is 2.37. The molecule has 2 unspecified atom stereocenters. The SMILES string of the molecule is CC1OCCC1Nc1ccc(C#N)c(Br)c1. The zero-order chi connectivity index (χ0) is 11.5. The Morgan fingerprint density at radius 1 is 1.56 bits per heavy atom. The van der Waals surface area contributed by atoms with Crippen molar-refractivity contribution in [2.24, 2.45) is 0 Å². The van der Waals surface area contributed by atoms with Crippen LogP contribution >= 0.6 is 15.9 Å². The summed E-state index contributed by atoms with van der Waals surface area (Å²) in [5, 5.41) is 12.2. The Kier molecular flexibility index (Phi) is 3.47. The lowest BCUT2D eigenvalue weighted by Crippen LogP contribution is -2.26. The number of nitrogens with one attached hydrogen (secondary N) is 1. The second kappa shape index (κ2) is 4.86. The van der Waals surface area contributed by atoms with E-state index in [1.807, 2.05) is 18.2 Å². The fraction of sp³-hybridized carbons (Fsp3) is 0.417. The molecule has 84 valence electrons. The molecule has 16 heavy (non-hydrogen) atoms. The molecule has 2 atom stereocenters. The van der Waals surface area contributed by atoms with Crippen LogP contribution < -0.4 is 5.32 Å². The van der Waals surface area contributed by atoms with Crippen molar-refractivity contribution in [3.05, 3.63) is 28.2 Å². The Morgan fingerprint density at radius 3 is 2.94 bits per heavy atom. The van der Waals surface area contributed by atoms with Crippen molar-refractivity contribution < 1.29 is 4.74 Å². The van der Waals surface area contributed by atoms with E-state index in [-0.39, 0.29) is 6.10 Å². The van der Waals surface area contributed by atoms with Gasteiger partial charge in [-0.05, 0) is 47.5 Å². The van der Waals surface area contributed by atoms with Crippen molar-refractivity contribution in [3.63, 3.8) is 0 Å². The Hall–Kier alpha value is -1.05. The van der Waals surface area contributed by atoms with E-state index in [2.05, 4.69) is 34.2 Å². The van der Waals surface area contributed by atoms with Crippen LogP contribution in [0.3, 0.4) is 0 Å². The first-order chi connectivity index (χ1) is 7.70. The summed E-state index contributed by atoms with van der Waals surface area (Å²) >= 11 is 3.38. The molecule has 1 aromatic carbocycles. The van der Waals surface area contributed by atoms with Gasteiger partial charge in [-0.15, -0.1) is 0 Å². The number of benzene rings is 1. The maximum atomic E-state index is 8.82. The molecule has 0 aromatic heterocycles. The van der Waals surface area contributed by atoms with Crippen LogP contribution in [0.25, 0.3) is 0 Å². The van der Waals surface area contributed by atoms with Crippen molar-refractivity contribution >= 4 is 21.6 Å². The van der Waals surface area contributed by atoms with E-state index in [0.717, 1.165) is 23.2 Å². The van der Waals surface area contributed by atoms with Gasteiger partial charge >= 0.3 is 0 Å². The summed E-state index contributed by atoms with van der Waals surface area (Å²) in [5.41, 5.74) is 1.68. The van der Waals surface area contributed by atoms with Crippen LogP contribution in [-0.4, -0.2) is 18.8 Å². The van der Waals surface area contributed by atoms with E-state index < -0.39 is 0 Å². The van der Waals surface area contributed by atoms with Crippen LogP contribution in [0.4, 0.5) is 5.69 Å². The standard InChI is InChI=1S/C12H13BrN2O/c1-8-12(4-5-16-8)15-10-3-2-9(7-14)11(13)6-10/h2-3,6,8,12,15H,4-5H2,1H3. The predicted molar refractivity (Wildman–Crippen MR) is 66.3 cm³/mol. The third-order valence-corrected chi connectivity index (χ3v) is 3.47. The average molecular weight is 281 g/mol. The first kappa shape index (κ1) is 11.4. The molecule has 1 aromatic rings. The van der Waals surface area contributed by atoms with Crippen molar-refractivity contribution in [3.8, 4) is 6.07 Å². The van der Waals surface area contributed by atoms with Gasteiger partial charge in [0.15, 0.2) is 0 Å². The fourth-order valence-electron chi connectivity index (χ4n) is 1.83. The Bertz CT molecular complexity index is 428. The molecule has 0 spiro atoms.